The zero-order valence-electron chi connectivity index (χ0n) is 7.35. The molecular weight excluding hydrogens is 294 g/mol. The number of aromatic nitrogens is 1. The molecule has 6 heteroatoms. The normalized spacial score (nSPS) is 12.3. The zero-order chi connectivity index (χ0) is 11.5. The minimum Gasteiger partial charge on any atom is -0.244 e. The lowest BCUT2D eigenvalue weighted by Crippen LogP contribution is -2.08. The van der Waals surface area contributed by atoms with Crippen molar-refractivity contribution in [3.05, 3.63) is 34.6 Å². The van der Waals surface area contributed by atoms with E-state index in [0.29, 0.717) is 5.33 Å². The summed E-state index contributed by atoms with van der Waals surface area (Å²) >= 11 is 8.61. The van der Waals surface area contributed by atoms with Gasteiger partial charge in [0.2, 0.25) is 0 Å². The fourth-order valence-electron chi connectivity index (χ4n) is 0.990. The molecule has 0 bridgehead atoms. The van der Waals surface area contributed by atoms with Crippen LogP contribution in [0.15, 0.2) is 18.3 Å². The molecule has 0 aliphatic rings. The van der Waals surface area contributed by atoms with E-state index in [1.54, 1.807) is 6.08 Å². The van der Waals surface area contributed by atoms with Crippen molar-refractivity contribution in [1.29, 1.82) is 0 Å². The van der Waals surface area contributed by atoms with Crippen LogP contribution >= 0.6 is 27.5 Å². The molecule has 15 heavy (non-hydrogen) atoms. The Labute approximate surface area is 98.1 Å². The third-order valence-corrected chi connectivity index (χ3v) is 2.18. The first kappa shape index (κ1) is 12.5. The Kier molecular flexibility index (Phi) is 4.16. The van der Waals surface area contributed by atoms with E-state index < -0.39 is 11.7 Å². The van der Waals surface area contributed by atoms with Crippen LogP contribution in [0, 0.1) is 0 Å². The molecule has 0 amide bonds. The molecule has 0 saturated carbocycles. The van der Waals surface area contributed by atoms with E-state index in [2.05, 4.69) is 20.9 Å². The molecule has 0 aromatic carbocycles. The van der Waals surface area contributed by atoms with Crippen molar-refractivity contribution in [2.75, 3.05) is 5.33 Å². The van der Waals surface area contributed by atoms with Gasteiger partial charge in [0.1, 0.15) is 5.15 Å². The van der Waals surface area contributed by atoms with Gasteiger partial charge < -0.3 is 0 Å². The van der Waals surface area contributed by atoms with E-state index in [-0.39, 0.29) is 10.7 Å². The average Bonchev–Trinajstić information content (AvgIpc) is 2.12. The minimum absolute atomic E-state index is 0.0157. The second-order valence-electron chi connectivity index (χ2n) is 2.65. The molecule has 1 rings (SSSR count). The first-order chi connectivity index (χ1) is 6.95. The van der Waals surface area contributed by atoms with Crippen LogP contribution in [-0.4, -0.2) is 10.3 Å². The molecule has 0 spiro atoms. The molecule has 1 aromatic heterocycles. The maximum Gasteiger partial charge on any atom is 0.418 e. The molecule has 0 N–H and O–H groups in total. The lowest BCUT2D eigenvalue weighted by molar-refractivity contribution is -0.137. The number of rotatable bonds is 2. The first-order valence-corrected chi connectivity index (χ1v) is 5.40. The van der Waals surface area contributed by atoms with E-state index in [1.807, 2.05) is 0 Å². The lowest BCUT2D eigenvalue weighted by atomic mass is 10.1. The smallest absolute Gasteiger partial charge is 0.244 e. The molecule has 0 aliphatic heterocycles. The Morgan fingerprint density at radius 3 is 2.67 bits per heavy atom. The maximum atomic E-state index is 12.5. The number of allylic oxidation sites excluding steroid dienone is 1. The van der Waals surface area contributed by atoms with Crippen LogP contribution in [0.3, 0.4) is 0 Å². The van der Waals surface area contributed by atoms with Crippen molar-refractivity contribution in [2.45, 2.75) is 6.18 Å². The van der Waals surface area contributed by atoms with Crippen LogP contribution in [0.1, 0.15) is 11.1 Å². The number of pyridine rings is 1. The van der Waals surface area contributed by atoms with Gasteiger partial charge in [0, 0.05) is 11.5 Å². The molecule has 1 heterocycles. The molecule has 0 unspecified atom stereocenters. The van der Waals surface area contributed by atoms with E-state index in [1.165, 1.54) is 12.1 Å². The number of hydrogen-bond acceptors (Lipinski definition) is 1. The number of hydrogen-bond donors (Lipinski definition) is 0. The lowest BCUT2D eigenvalue weighted by Gasteiger charge is -2.09. The van der Waals surface area contributed by atoms with Crippen LogP contribution in [0.25, 0.3) is 6.08 Å². The SMILES string of the molecule is FC(F)(F)c1cnc(Cl)cc1C=CCBr. The van der Waals surface area contributed by atoms with Gasteiger partial charge >= 0.3 is 6.18 Å². The Bertz CT molecular complexity index is 376. The average molecular weight is 301 g/mol. The van der Waals surface area contributed by atoms with Crippen LogP contribution in [0.4, 0.5) is 13.2 Å². The summed E-state index contributed by atoms with van der Waals surface area (Å²) in [5.41, 5.74) is -0.772. The van der Waals surface area contributed by atoms with Gasteiger partial charge in [0.15, 0.2) is 0 Å². The highest BCUT2D eigenvalue weighted by molar-refractivity contribution is 9.09. The number of alkyl halides is 4. The van der Waals surface area contributed by atoms with Gasteiger partial charge in [0.05, 0.1) is 5.56 Å². The van der Waals surface area contributed by atoms with Gasteiger partial charge in [-0.3, -0.25) is 0 Å². The van der Waals surface area contributed by atoms with Crippen molar-refractivity contribution < 1.29 is 13.2 Å². The summed E-state index contributed by atoms with van der Waals surface area (Å²) < 4.78 is 37.4. The molecule has 82 valence electrons. The van der Waals surface area contributed by atoms with Crippen molar-refractivity contribution in [1.82, 2.24) is 4.98 Å². The Balaban J connectivity index is 3.21. The zero-order valence-corrected chi connectivity index (χ0v) is 9.70. The predicted molar refractivity (Wildman–Crippen MR) is 57.1 cm³/mol. The third-order valence-electron chi connectivity index (χ3n) is 1.59. The van der Waals surface area contributed by atoms with E-state index in [0.717, 1.165) is 6.20 Å². The summed E-state index contributed by atoms with van der Waals surface area (Å²) in [6.07, 6.45) is -0.772. The summed E-state index contributed by atoms with van der Waals surface area (Å²) in [7, 11) is 0. The van der Waals surface area contributed by atoms with Crippen LogP contribution in [-0.2, 0) is 6.18 Å². The number of halogens is 5. The molecule has 0 atom stereocenters. The Morgan fingerprint density at radius 2 is 2.13 bits per heavy atom. The molecular formula is C9H6BrClF3N. The fourth-order valence-corrected chi connectivity index (χ4v) is 1.34. The highest BCUT2D eigenvalue weighted by Gasteiger charge is 2.33. The van der Waals surface area contributed by atoms with Crippen molar-refractivity contribution in [2.24, 2.45) is 0 Å². The molecule has 1 aromatic rings. The third kappa shape index (κ3) is 3.50. The van der Waals surface area contributed by atoms with Gasteiger partial charge in [-0.1, -0.05) is 39.7 Å². The first-order valence-electron chi connectivity index (χ1n) is 3.90. The van der Waals surface area contributed by atoms with Gasteiger partial charge in [-0.15, -0.1) is 0 Å². The molecule has 0 saturated heterocycles. The Hall–Kier alpha value is -0.550. The van der Waals surface area contributed by atoms with Gasteiger partial charge in [-0.25, -0.2) is 4.98 Å². The largest absolute Gasteiger partial charge is 0.418 e. The summed E-state index contributed by atoms with van der Waals surface area (Å²) in [5.74, 6) is 0. The monoisotopic (exact) mass is 299 g/mol. The summed E-state index contributed by atoms with van der Waals surface area (Å²) in [4.78, 5) is 3.41. The highest BCUT2D eigenvalue weighted by Crippen LogP contribution is 2.32. The summed E-state index contributed by atoms with van der Waals surface area (Å²) in [6, 6.07) is 1.18. The fraction of sp³-hybridized carbons (Fsp3) is 0.222. The second-order valence-corrected chi connectivity index (χ2v) is 3.68. The van der Waals surface area contributed by atoms with Crippen LogP contribution < -0.4 is 0 Å². The standard InChI is InChI=1S/C9H6BrClF3N/c10-3-1-2-6-4-8(11)15-5-7(6)9(12,13)14/h1-2,4-5H,3H2. The van der Waals surface area contributed by atoms with Crippen LogP contribution in [0.5, 0.6) is 0 Å². The van der Waals surface area contributed by atoms with Crippen molar-refractivity contribution in [3.63, 3.8) is 0 Å². The predicted octanol–water partition coefficient (Wildman–Crippen LogP) is 4.16. The van der Waals surface area contributed by atoms with Crippen molar-refractivity contribution >= 4 is 33.6 Å². The molecule has 0 fully saturated rings. The maximum absolute atomic E-state index is 12.5. The van der Waals surface area contributed by atoms with Crippen LogP contribution in [0.2, 0.25) is 5.15 Å². The molecule has 1 nitrogen and oxygen atoms in total. The summed E-state index contributed by atoms with van der Waals surface area (Å²) in [6.45, 7) is 0. The quantitative estimate of drug-likeness (QED) is 0.590. The van der Waals surface area contributed by atoms with Crippen molar-refractivity contribution in [3.8, 4) is 0 Å². The van der Waals surface area contributed by atoms with E-state index >= 15 is 0 Å². The van der Waals surface area contributed by atoms with Gasteiger partial charge in [-0.05, 0) is 11.6 Å². The Morgan fingerprint density at radius 1 is 1.47 bits per heavy atom. The topological polar surface area (TPSA) is 12.9 Å². The van der Waals surface area contributed by atoms with Gasteiger partial charge in [0.25, 0.3) is 0 Å². The van der Waals surface area contributed by atoms with E-state index in [4.69, 9.17) is 11.6 Å². The second kappa shape index (κ2) is 4.99. The van der Waals surface area contributed by atoms with Gasteiger partial charge in [-0.2, -0.15) is 13.2 Å². The van der Waals surface area contributed by atoms with E-state index in [9.17, 15) is 13.2 Å². The molecule has 0 aliphatic carbocycles. The summed E-state index contributed by atoms with van der Waals surface area (Å²) in [5, 5.41) is 0.516. The molecule has 0 radical (unpaired) electrons. The highest BCUT2D eigenvalue weighted by atomic mass is 79.9. The number of nitrogens with zero attached hydrogens (tertiary/aromatic N) is 1. The minimum atomic E-state index is -4.41.